The van der Waals surface area contributed by atoms with Crippen LogP contribution < -0.4 is 0 Å². The second-order valence-electron chi connectivity index (χ2n) is 8.97. The van der Waals surface area contributed by atoms with Crippen molar-refractivity contribution in [2.45, 2.75) is 18.9 Å². The minimum atomic E-state index is -0.849. The highest BCUT2D eigenvalue weighted by atomic mass is 16.4. The van der Waals surface area contributed by atoms with Gasteiger partial charge in [0.25, 0.3) is 0 Å². The van der Waals surface area contributed by atoms with Gasteiger partial charge in [-0.15, -0.1) is 0 Å². The minimum Gasteiger partial charge on any atom is -0.480 e. The molecule has 33 heavy (non-hydrogen) atoms. The van der Waals surface area contributed by atoms with E-state index in [2.05, 4.69) is 9.88 Å². The third kappa shape index (κ3) is 4.38. The summed E-state index contributed by atoms with van der Waals surface area (Å²) in [6, 6.07) is 17.1. The van der Waals surface area contributed by atoms with Crippen LogP contribution in [0.1, 0.15) is 24.4 Å². The molecule has 1 amide bonds. The lowest BCUT2D eigenvalue weighted by atomic mass is 9.97. The summed E-state index contributed by atoms with van der Waals surface area (Å²) >= 11 is 0. The Morgan fingerprint density at radius 1 is 0.879 bits per heavy atom. The number of likely N-dealkylation sites (tertiary alicyclic amines) is 1. The van der Waals surface area contributed by atoms with Gasteiger partial charge in [0.2, 0.25) is 5.91 Å². The van der Waals surface area contributed by atoms with Crippen molar-refractivity contribution in [2.24, 2.45) is 0 Å². The smallest absolute Gasteiger partial charge is 0.325 e. The lowest BCUT2D eigenvalue weighted by Gasteiger charge is -2.38. The van der Waals surface area contributed by atoms with Gasteiger partial charge in [0.1, 0.15) is 6.04 Å². The average Bonchev–Trinajstić information content (AvgIpc) is 3.50. The number of carboxylic acid groups (broad SMARTS) is 1. The van der Waals surface area contributed by atoms with Gasteiger partial charge in [0, 0.05) is 55.7 Å². The molecular weight excluding hydrogens is 416 g/mol. The SMILES string of the molecule is O=C(O)[C@H](c1c(-c2ccccc2)[nH]c2ccccc12)N1CCN(CC(=O)N2CCCC2)CC1. The van der Waals surface area contributed by atoms with E-state index in [0.29, 0.717) is 32.7 Å². The topological polar surface area (TPSA) is 79.9 Å². The van der Waals surface area contributed by atoms with Gasteiger partial charge in [-0.05, 0) is 24.5 Å². The normalized spacial score (nSPS) is 18.6. The Morgan fingerprint density at radius 2 is 1.55 bits per heavy atom. The molecule has 2 aliphatic rings. The Balaban J connectivity index is 1.40. The molecule has 172 valence electrons. The summed E-state index contributed by atoms with van der Waals surface area (Å²) in [7, 11) is 0. The first-order valence-electron chi connectivity index (χ1n) is 11.7. The zero-order valence-electron chi connectivity index (χ0n) is 18.7. The Hall–Kier alpha value is -3.16. The molecule has 5 rings (SSSR count). The van der Waals surface area contributed by atoms with Crippen molar-refractivity contribution in [1.29, 1.82) is 0 Å². The molecule has 7 nitrogen and oxygen atoms in total. The van der Waals surface area contributed by atoms with Crippen LogP contribution >= 0.6 is 0 Å². The van der Waals surface area contributed by atoms with E-state index >= 15 is 0 Å². The van der Waals surface area contributed by atoms with Crippen LogP contribution in [0.2, 0.25) is 0 Å². The molecule has 0 spiro atoms. The van der Waals surface area contributed by atoms with Crippen molar-refractivity contribution in [3.05, 3.63) is 60.2 Å². The Bertz CT molecular complexity index is 1130. The first-order valence-corrected chi connectivity index (χ1v) is 11.7. The number of fused-ring (bicyclic) bond motifs is 1. The molecule has 3 heterocycles. The summed E-state index contributed by atoms with van der Waals surface area (Å²) in [5.41, 5.74) is 3.58. The second kappa shape index (κ2) is 9.37. The number of aliphatic carboxylic acids is 1. The van der Waals surface area contributed by atoms with Gasteiger partial charge < -0.3 is 15.0 Å². The molecule has 2 fully saturated rings. The molecule has 2 aromatic carbocycles. The summed E-state index contributed by atoms with van der Waals surface area (Å²) in [5, 5.41) is 11.3. The minimum absolute atomic E-state index is 0.193. The Labute approximate surface area is 193 Å². The van der Waals surface area contributed by atoms with Crippen LogP contribution in [0, 0.1) is 0 Å². The fourth-order valence-corrected chi connectivity index (χ4v) is 5.18. The first kappa shape index (κ1) is 21.7. The van der Waals surface area contributed by atoms with E-state index in [0.717, 1.165) is 53.7 Å². The maximum atomic E-state index is 12.6. The zero-order chi connectivity index (χ0) is 22.8. The number of piperazine rings is 1. The third-order valence-electron chi connectivity index (χ3n) is 6.91. The number of carbonyl (C=O) groups is 2. The summed E-state index contributed by atoms with van der Waals surface area (Å²) < 4.78 is 0. The van der Waals surface area contributed by atoms with Crippen LogP contribution in [0.3, 0.4) is 0 Å². The molecule has 1 atom stereocenters. The molecule has 0 unspecified atom stereocenters. The number of carbonyl (C=O) groups excluding carboxylic acids is 1. The van der Waals surface area contributed by atoms with Gasteiger partial charge in [-0.25, -0.2) is 0 Å². The van der Waals surface area contributed by atoms with Crippen LogP contribution in [0.5, 0.6) is 0 Å². The van der Waals surface area contributed by atoms with Gasteiger partial charge in [0.15, 0.2) is 0 Å². The van der Waals surface area contributed by atoms with Crippen molar-refractivity contribution < 1.29 is 14.7 Å². The van der Waals surface area contributed by atoms with E-state index in [9.17, 15) is 14.7 Å². The lowest BCUT2D eigenvalue weighted by molar-refractivity contribution is -0.145. The van der Waals surface area contributed by atoms with Gasteiger partial charge in [-0.2, -0.15) is 0 Å². The van der Waals surface area contributed by atoms with Crippen LogP contribution in [0.15, 0.2) is 54.6 Å². The predicted molar refractivity (Wildman–Crippen MR) is 128 cm³/mol. The predicted octanol–water partition coefficient (Wildman–Crippen LogP) is 3.20. The highest BCUT2D eigenvalue weighted by molar-refractivity contribution is 5.95. The van der Waals surface area contributed by atoms with Crippen molar-refractivity contribution in [2.75, 3.05) is 45.8 Å². The number of amides is 1. The molecule has 0 aliphatic carbocycles. The van der Waals surface area contributed by atoms with E-state index in [1.807, 2.05) is 64.4 Å². The fraction of sp³-hybridized carbons (Fsp3) is 0.385. The molecular formula is C26H30N4O3. The Morgan fingerprint density at radius 3 is 2.24 bits per heavy atom. The van der Waals surface area contributed by atoms with Crippen molar-refractivity contribution in [3.63, 3.8) is 0 Å². The van der Waals surface area contributed by atoms with E-state index in [1.54, 1.807) is 0 Å². The summed E-state index contributed by atoms with van der Waals surface area (Å²) in [4.78, 5) is 34.8. The largest absolute Gasteiger partial charge is 0.480 e. The number of H-pyrrole nitrogens is 1. The Kier molecular flexibility index (Phi) is 6.15. The number of hydrogen-bond donors (Lipinski definition) is 2. The second-order valence-corrected chi connectivity index (χ2v) is 8.97. The van der Waals surface area contributed by atoms with E-state index in [1.165, 1.54) is 0 Å². The van der Waals surface area contributed by atoms with Crippen molar-refractivity contribution in [3.8, 4) is 11.3 Å². The first-order chi connectivity index (χ1) is 16.1. The number of hydrogen-bond acceptors (Lipinski definition) is 4. The fourth-order valence-electron chi connectivity index (χ4n) is 5.18. The molecule has 2 aliphatic heterocycles. The maximum Gasteiger partial charge on any atom is 0.325 e. The average molecular weight is 447 g/mol. The van der Waals surface area contributed by atoms with Gasteiger partial charge in [-0.1, -0.05) is 48.5 Å². The maximum absolute atomic E-state index is 12.6. The number of nitrogens with one attached hydrogen (secondary N) is 1. The van der Waals surface area contributed by atoms with E-state index in [-0.39, 0.29) is 5.91 Å². The van der Waals surface area contributed by atoms with Crippen LogP contribution in [0.4, 0.5) is 0 Å². The number of para-hydroxylation sites is 1. The van der Waals surface area contributed by atoms with Crippen molar-refractivity contribution >= 4 is 22.8 Å². The summed E-state index contributed by atoms with van der Waals surface area (Å²) in [6.07, 6.45) is 2.18. The number of benzene rings is 2. The molecule has 1 aromatic heterocycles. The number of carboxylic acids is 1. The number of nitrogens with zero attached hydrogens (tertiary/aromatic N) is 3. The molecule has 0 saturated carbocycles. The number of aromatic amines is 1. The van der Waals surface area contributed by atoms with Gasteiger partial charge in [-0.3, -0.25) is 19.4 Å². The summed E-state index contributed by atoms with van der Waals surface area (Å²) in [5.74, 6) is -0.655. The number of rotatable bonds is 6. The standard InChI is InChI=1S/C26H30N4O3/c31-22(29-12-6-7-13-29)18-28-14-16-30(17-15-28)25(26(32)33)23-20-10-4-5-11-21(20)27-24(23)19-8-2-1-3-9-19/h1-5,8-11,25,27H,6-7,12-18H2,(H,32,33)/t25-/m0/s1. The molecule has 3 aromatic rings. The quantitative estimate of drug-likeness (QED) is 0.608. The highest BCUT2D eigenvalue weighted by Crippen LogP contribution is 2.37. The zero-order valence-corrected chi connectivity index (χ0v) is 18.7. The molecule has 0 radical (unpaired) electrons. The van der Waals surface area contributed by atoms with Crippen LogP contribution in [-0.2, 0) is 9.59 Å². The van der Waals surface area contributed by atoms with Crippen LogP contribution in [0.25, 0.3) is 22.2 Å². The summed E-state index contributed by atoms with van der Waals surface area (Å²) in [6.45, 7) is 4.74. The third-order valence-corrected chi connectivity index (χ3v) is 6.91. The van der Waals surface area contributed by atoms with Crippen LogP contribution in [-0.4, -0.2) is 82.5 Å². The van der Waals surface area contributed by atoms with E-state index in [4.69, 9.17) is 0 Å². The molecule has 2 N–H and O–H groups in total. The lowest BCUT2D eigenvalue weighted by Crippen LogP contribution is -2.51. The van der Waals surface area contributed by atoms with Crippen molar-refractivity contribution in [1.82, 2.24) is 19.7 Å². The highest BCUT2D eigenvalue weighted by Gasteiger charge is 2.35. The van der Waals surface area contributed by atoms with E-state index < -0.39 is 12.0 Å². The van der Waals surface area contributed by atoms with Gasteiger partial charge >= 0.3 is 5.97 Å². The molecule has 2 saturated heterocycles. The molecule has 7 heteroatoms. The molecule has 0 bridgehead atoms. The number of aromatic nitrogens is 1. The monoisotopic (exact) mass is 446 g/mol. The van der Waals surface area contributed by atoms with Gasteiger partial charge in [0.05, 0.1) is 12.2 Å².